The lowest BCUT2D eigenvalue weighted by Crippen LogP contribution is -2.67. The van der Waals surface area contributed by atoms with Gasteiger partial charge in [-0.2, -0.15) is 0 Å². The minimum atomic E-state index is -2.79. The molecule has 2 aromatic carbocycles. The summed E-state index contributed by atoms with van der Waals surface area (Å²) in [5.74, 6) is -2.77. The highest BCUT2D eigenvalue weighted by Crippen LogP contribution is 2.42. The van der Waals surface area contributed by atoms with Crippen LogP contribution >= 0.6 is 0 Å². The number of rotatable bonds is 30. The molecule has 0 spiro atoms. The lowest BCUT2D eigenvalue weighted by Gasteiger charge is -2.49. The number of esters is 1. The summed E-state index contributed by atoms with van der Waals surface area (Å²) in [6, 6.07) is 21.2. The van der Waals surface area contributed by atoms with Crippen molar-refractivity contribution < 1.29 is 56.8 Å². The predicted molar refractivity (Wildman–Crippen MR) is 327 cm³/mol. The van der Waals surface area contributed by atoms with E-state index in [1.165, 1.54) is 23.6 Å². The second-order valence-electron chi connectivity index (χ2n) is 26.5. The topological polar surface area (TPSA) is 145 Å². The maximum absolute atomic E-state index is 14.2. The summed E-state index contributed by atoms with van der Waals surface area (Å²) in [4.78, 5) is 40.0. The van der Waals surface area contributed by atoms with E-state index in [2.05, 4.69) is 142 Å². The van der Waals surface area contributed by atoms with Crippen molar-refractivity contribution >= 4 is 44.5 Å². The van der Waals surface area contributed by atoms with Gasteiger partial charge in [-0.15, -0.1) is 0 Å². The summed E-state index contributed by atoms with van der Waals surface area (Å²) in [6.07, 6.45) is 10.1. The van der Waals surface area contributed by atoms with Gasteiger partial charge in [0.15, 0.2) is 14.1 Å². The summed E-state index contributed by atoms with van der Waals surface area (Å²) < 4.78 is 51.1. The Bertz CT molecular complexity index is 2280. The molecule has 1 saturated heterocycles. The SMILES string of the molecule is COC(=O)/C=C/C(C)=C/C[C@@H](C[C@@H]1C=CC[C@@H](C[C@H](OC)[C@@H](C)C(=O)C[C@@H](O)[C@H](C)[C@@H]2OC(C)(C)O[C@@H]([C@@H](C)CCC(=O)[C@H](C)[C@H](OC)[C@H](C)CO[Si](c3ccccc3)(c3ccccc3)C(C)(C)C)[C@@H]2C)O1)O[Si](C)(C)C(C)(C)C. The van der Waals surface area contributed by atoms with Crippen LogP contribution in [0.2, 0.25) is 23.2 Å². The zero-order chi connectivity index (χ0) is 60.0. The average molecular weight is 1150 g/mol. The molecule has 0 bridgehead atoms. The molecule has 2 aliphatic rings. The van der Waals surface area contributed by atoms with Crippen LogP contribution in [0.3, 0.4) is 0 Å². The Morgan fingerprint density at radius 1 is 0.800 bits per heavy atom. The van der Waals surface area contributed by atoms with E-state index in [0.717, 1.165) is 5.57 Å². The molecular formula is C66H106O12Si2. The van der Waals surface area contributed by atoms with Gasteiger partial charge in [0.1, 0.15) is 11.6 Å². The Labute approximate surface area is 485 Å². The first-order valence-corrected chi connectivity index (χ1v) is 34.5. The zero-order valence-corrected chi connectivity index (χ0v) is 54.8. The monoisotopic (exact) mass is 1150 g/mol. The van der Waals surface area contributed by atoms with Crippen LogP contribution in [-0.4, -0.2) is 122 Å². The number of Topliss-reactive ketones (excluding diaryl/α,β-unsaturated/α-hetero) is 2. The number of hydrogen-bond acceptors (Lipinski definition) is 12. The number of aliphatic hydroxyl groups is 1. The first-order chi connectivity index (χ1) is 37.3. The van der Waals surface area contributed by atoms with Crippen LogP contribution in [-0.2, 0) is 51.7 Å². The minimum absolute atomic E-state index is 0.00742. The van der Waals surface area contributed by atoms with Crippen LogP contribution in [0.25, 0.3) is 0 Å². The molecule has 0 radical (unpaired) electrons. The molecule has 12 nitrogen and oxygen atoms in total. The summed E-state index contributed by atoms with van der Waals surface area (Å²) >= 11 is 0. The Kier molecular flexibility index (Phi) is 26.3. The summed E-state index contributed by atoms with van der Waals surface area (Å²) in [5.41, 5.74) is 0.944. The fourth-order valence-corrected chi connectivity index (χ4v) is 17.8. The Morgan fingerprint density at radius 3 is 1.93 bits per heavy atom. The van der Waals surface area contributed by atoms with Gasteiger partial charge in [-0.05, 0) is 79.5 Å². The number of benzene rings is 2. The second-order valence-corrected chi connectivity index (χ2v) is 35.5. The van der Waals surface area contributed by atoms with Crippen LogP contribution in [0.5, 0.6) is 0 Å². The molecule has 14 heteroatoms. The van der Waals surface area contributed by atoms with Gasteiger partial charge in [0.05, 0.1) is 55.9 Å². The van der Waals surface area contributed by atoms with Crippen LogP contribution in [0, 0.1) is 35.5 Å². The van der Waals surface area contributed by atoms with Crippen LogP contribution in [0.1, 0.15) is 149 Å². The third kappa shape index (κ3) is 18.8. The third-order valence-corrected chi connectivity index (χ3v) is 27.3. The van der Waals surface area contributed by atoms with E-state index >= 15 is 0 Å². The van der Waals surface area contributed by atoms with E-state index in [9.17, 15) is 19.5 Å². The molecule has 0 saturated carbocycles. The predicted octanol–water partition coefficient (Wildman–Crippen LogP) is 12.5. The van der Waals surface area contributed by atoms with Gasteiger partial charge in [0, 0.05) is 82.2 Å². The van der Waals surface area contributed by atoms with Crippen LogP contribution in [0.4, 0.5) is 0 Å². The largest absolute Gasteiger partial charge is 0.466 e. The Balaban J connectivity index is 1.36. The quantitative estimate of drug-likeness (QED) is 0.0261. The Morgan fingerprint density at radius 2 is 1.39 bits per heavy atom. The van der Waals surface area contributed by atoms with Crippen molar-refractivity contribution in [2.75, 3.05) is 27.9 Å². The molecule has 2 aliphatic heterocycles. The highest BCUT2D eigenvalue weighted by Gasteiger charge is 2.51. The summed E-state index contributed by atoms with van der Waals surface area (Å²) in [6.45, 7) is 36.4. The molecule has 0 aromatic heterocycles. The molecule has 2 aromatic rings. The van der Waals surface area contributed by atoms with Crippen molar-refractivity contribution in [3.05, 3.63) is 96.6 Å². The van der Waals surface area contributed by atoms with Crippen molar-refractivity contribution in [2.24, 2.45) is 35.5 Å². The minimum Gasteiger partial charge on any atom is -0.466 e. The zero-order valence-electron chi connectivity index (χ0n) is 52.8. The maximum atomic E-state index is 14.2. The molecule has 0 aliphatic carbocycles. The molecule has 14 atom stereocenters. The fraction of sp³-hybridized carbons (Fsp3) is 0.682. The second kappa shape index (κ2) is 30.4. The normalized spacial score (nSPS) is 23.8. The van der Waals surface area contributed by atoms with Gasteiger partial charge in [0.25, 0.3) is 8.32 Å². The average Bonchev–Trinajstić information content (AvgIpc) is 3.45. The number of carbonyl (C=O) groups is 3. The molecule has 2 heterocycles. The lowest BCUT2D eigenvalue weighted by molar-refractivity contribution is -0.337. The fourth-order valence-electron chi connectivity index (χ4n) is 11.8. The molecule has 0 unspecified atom stereocenters. The highest BCUT2D eigenvalue weighted by molar-refractivity contribution is 6.99. The number of hydrogen-bond donors (Lipinski definition) is 1. The standard InChI is InChI=1S/C66H106O12Si2/c1-44(35-39-60(70)72-17)34-37-53(78-79(19,20)64(8,9)10)40-51-28-27-29-52(75-51)41-59(71-16)47(4)57(68)42-58(69)49(6)63-50(7)62(76-66(14,15)77-63)45(2)36-38-56(67)48(5)61(73-18)46(3)43-74-80(65(11,12)13,54-30-23-21-24-31-54)55-32-25-22-26-33-55/h21-28,30-35,39,45-53,58-59,61-63,69H,29,36-38,40-43H2,1-20H3/b39-35+,44-34+/t45-,46+,47-,48-,49-,50-,51-,52-,53-,58+,59-,61+,62-,63-/m0/s1. The molecule has 1 N–H and O–H groups in total. The van der Waals surface area contributed by atoms with Gasteiger partial charge in [-0.25, -0.2) is 4.79 Å². The van der Waals surface area contributed by atoms with Crippen molar-refractivity contribution in [1.82, 2.24) is 0 Å². The van der Waals surface area contributed by atoms with Gasteiger partial charge in [-0.3, -0.25) is 9.59 Å². The van der Waals surface area contributed by atoms with Crippen LogP contribution in [0.15, 0.2) is 96.6 Å². The molecular weight excluding hydrogens is 1040 g/mol. The van der Waals surface area contributed by atoms with E-state index in [0.29, 0.717) is 45.1 Å². The number of allylic oxidation sites excluding steroid dienone is 2. The van der Waals surface area contributed by atoms with Crippen LogP contribution < -0.4 is 10.4 Å². The number of methoxy groups -OCH3 is 3. The van der Waals surface area contributed by atoms with E-state index in [4.69, 9.17) is 37.3 Å². The maximum Gasteiger partial charge on any atom is 0.330 e. The first kappa shape index (κ1) is 69.1. The van der Waals surface area contributed by atoms with Crippen molar-refractivity contribution in [2.45, 2.75) is 227 Å². The number of ketones is 2. The third-order valence-electron chi connectivity index (χ3n) is 17.8. The molecule has 450 valence electrons. The molecule has 0 amide bonds. The Hall–Kier alpha value is -3.42. The van der Waals surface area contributed by atoms with Gasteiger partial charge >= 0.3 is 5.97 Å². The van der Waals surface area contributed by atoms with Crippen molar-refractivity contribution in [3.8, 4) is 0 Å². The first-order valence-electron chi connectivity index (χ1n) is 29.6. The molecule has 1 fully saturated rings. The number of carbonyl (C=O) groups excluding carboxylic acids is 3. The van der Waals surface area contributed by atoms with Crippen molar-refractivity contribution in [3.63, 3.8) is 0 Å². The summed E-state index contributed by atoms with van der Waals surface area (Å²) in [5, 5.41) is 14.1. The smallest absolute Gasteiger partial charge is 0.330 e. The van der Waals surface area contributed by atoms with Gasteiger partial charge < -0.3 is 42.4 Å². The lowest BCUT2D eigenvalue weighted by atomic mass is 9.77. The van der Waals surface area contributed by atoms with Crippen molar-refractivity contribution in [1.29, 1.82) is 0 Å². The molecule has 4 rings (SSSR count). The van der Waals surface area contributed by atoms with E-state index in [-0.39, 0.29) is 82.3 Å². The van der Waals surface area contributed by atoms with E-state index in [1.54, 1.807) is 20.3 Å². The summed E-state index contributed by atoms with van der Waals surface area (Å²) in [7, 11) is -0.249. The van der Waals surface area contributed by atoms with E-state index < -0.39 is 58.5 Å². The van der Waals surface area contributed by atoms with E-state index in [1.807, 2.05) is 53.7 Å². The number of ether oxygens (including phenoxy) is 6. The number of aliphatic hydroxyl groups excluding tert-OH is 1. The molecule has 80 heavy (non-hydrogen) atoms. The van der Waals surface area contributed by atoms with Gasteiger partial charge in [-0.1, -0.05) is 174 Å². The van der Waals surface area contributed by atoms with Gasteiger partial charge in [0.2, 0.25) is 0 Å². The highest BCUT2D eigenvalue weighted by atomic mass is 28.4.